The number of hydrogen-bond donors (Lipinski definition) is 0. The number of pyridine rings is 1. The van der Waals surface area contributed by atoms with Crippen LogP contribution in [0.5, 0.6) is 0 Å². The molecule has 1 aromatic rings. The number of nitriles is 1. The van der Waals surface area contributed by atoms with E-state index in [-0.39, 0.29) is 0 Å². The molecule has 0 saturated carbocycles. The van der Waals surface area contributed by atoms with Crippen LogP contribution in [0.1, 0.15) is 19.0 Å². The van der Waals surface area contributed by atoms with Crippen molar-refractivity contribution in [3.8, 4) is 6.07 Å². The summed E-state index contributed by atoms with van der Waals surface area (Å²) in [4.78, 5) is 7.09. The summed E-state index contributed by atoms with van der Waals surface area (Å²) in [5.74, 6) is 1.02. The average Bonchev–Trinajstić information content (AvgIpc) is 2.25. The lowest BCUT2D eigenvalue weighted by atomic mass is 10.3. The molecule has 0 radical (unpaired) electrons. The van der Waals surface area contributed by atoms with Gasteiger partial charge in [0.15, 0.2) is 5.69 Å². The van der Waals surface area contributed by atoms with Crippen LogP contribution in [0.2, 0.25) is 0 Å². The monoisotopic (exact) mass is 221 g/mol. The lowest BCUT2D eigenvalue weighted by Gasteiger charge is -2.17. The zero-order valence-corrected chi connectivity index (χ0v) is 10.1. The van der Waals surface area contributed by atoms with Gasteiger partial charge in [0.1, 0.15) is 6.07 Å². The second kappa shape index (κ2) is 5.62. The second-order valence-corrected chi connectivity index (χ2v) is 4.47. The van der Waals surface area contributed by atoms with E-state index in [2.05, 4.69) is 18.0 Å². The minimum Gasteiger partial charge on any atom is -0.377 e. The highest BCUT2D eigenvalue weighted by Crippen LogP contribution is 2.31. The van der Waals surface area contributed by atoms with Gasteiger partial charge in [-0.2, -0.15) is 5.26 Å². The topological polar surface area (TPSA) is 39.9 Å². The van der Waals surface area contributed by atoms with Crippen molar-refractivity contribution in [1.82, 2.24) is 4.98 Å². The first-order valence-electron chi connectivity index (χ1n) is 4.90. The smallest absolute Gasteiger partial charge is 0.156 e. The molecule has 1 heterocycles. The van der Waals surface area contributed by atoms with Gasteiger partial charge in [-0.25, -0.2) is 4.98 Å². The Kier molecular flexibility index (Phi) is 4.44. The lowest BCUT2D eigenvalue weighted by molar-refractivity contribution is 1.05. The molecule has 0 saturated heterocycles. The molecule has 80 valence electrons. The largest absolute Gasteiger partial charge is 0.377 e. The van der Waals surface area contributed by atoms with Crippen LogP contribution >= 0.6 is 11.8 Å². The molecule has 1 aromatic heterocycles. The van der Waals surface area contributed by atoms with Gasteiger partial charge in [-0.15, -0.1) is 11.8 Å². The molecule has 0 spiro atoms. The summed E-state index contributed by atoms with van der Waals surface area (Å²) in [6.45, 7) is 2.13. The van der Waals surface area contributed by atoms with E-state index in [1.54, 1.807) is 18.0 Å². The van der Waals surface area contributed by atoms with Crippen LogP contribution in [0.3, 0.4) is 0 Å². The first-order valence-corrected chi connectivity index (χ1v) is 5.88. The van der Waals surface area contributed by atoms with Gasteiger partial charge in [0.25, 0.3) is 0 Å². The highest BCUT2D eigenvalue weighted by molar-refractivity contribution is 7.99. The normalized spacial score (nSPS) is 9.73. The Labute approximate surface area is 95.1 Å². The van der Waals surface area contributed by atoms with Crippen molar-refractivity contribution >= 4 is 17.4 Å². The van der Waals surface area contributed by atoms with Crippen LogP contribution in [-0.4, -0.2) is 24.8 Å². The Balaban J connectivity index is 3.10. The van der Waals surface area contributed by atoms with Crippen molar-refractivity contribution in [2.45, 2.75) is 18.2 Å². The minimum atomic E-state index is 0.527. The zero-order valence-electron chi connectivity index (χ0n) is 9.32. The summed E-state index contributed by atoms with van der Waals surface area (Å²) >= 11 is 1.70. The van der Waals surface area contributed by atoms with Crippen molar-refractivity contribution in [3.05, 3.63) is 18.0 Å². The van der Waals surface area contributed by atoms with Gasteiger partial charge in [-0.3, -0.25) is 0 Å². The van der Waals surface area contributed by atoms with Gasteiger partial charge in [-0.1, -0.05) is 6.92 Å². The van der Waals surface area contributed by atoms with Crippen molar-refractivity contribution in [3.63, 3.8) is 0 Å². The van der Waals surface area contributed by atoms with Gasteiger partial charge < -0.3 is 4.90 Å². The summed E-state index contributed by atoms with van der Waals surface area (Å²) < 4.78 is 0. The highest BCUT2D eigenvalue weighted by Gasteiger charge is 2.10. The number of thioether (sulfide) groups is 1. The first-order chi connectivity index (χ1) is 7.20. The zero-order chi connectivity index (χ0) is 11.3. The predicted molar refractivity (Wildman–Crippen MR) is 64.3 cm³/mol. The molecule has 0 aliphatic heterocycles. The Hall–Kier alpha value is -1.21. The highest BCUT2D eigenvalue weighted by atomic mass is 32.2. The molecule has 0 N–H and O–H groups in total. The number of rotatable bonds is 4. The Bertz CT molecular complexity index is 369. The molecule has 1 rings (SSSR count). The van der Waals surface area contributed by atoms with E-state index in [4.69, 9.17) is 5.26 Å². The number of anilines is 1. The predicted octanol–water partition coefficient (Wildman–Crippen LogP) is 2.52. The van der Waals surface area contributed by atoms with Gasteiger partial charge in [-0.05, 0) is 18.2 Å². The van der Waals surface area contributed by atoms with E-state index in [9.17, 15) is 0 Å². The van der Waals surface area contributed by atoms with Gasteiger partial charge in [0.05, 0.1) is 10.6 Å². The molecular weight excluding hydrogens is 206 g/mol. The van der Waals surface area contributed by atoms with E-state index in [1.165, 1.54) is 0 Å². The number of hydrogen-bond acceptors (Lipinski definition) is 4. The molecule has 0 atom stereocenters. The third-order valence-corrected chi connectivity index (χ3v) is 3.23. The van der Waals surface area contributed by atoms with Crippen molar-refractivity contribution in [2.24, 2.45) is 0 Å². The van der Waals surface area contributed by atoms with Crippen LogP contribution < -0.4 is 4.90 Å². The summed E-state index contributed by atoms with van der Waals surface area (Å²) in [6.07, 6.45) is 2.78. The molecule has 15 heavy (non-hydrogen) atoms. The summed E-state index contributed by atoms with van der Waals surface area (Å²) in [7, 11) is 3.96. The fourth-order valence-electron chi connectivity index (χ4n) is 1.22. The molecule has 0 aliphatic rings. The van der Waals surface area contributed by atoms with Crippen LogP contribution in [0, 0.1) is 11.3 Å². The minimum absolute atomic E-state index is 0.527. The quantitative estimate of drug-likeness (QED) is 0.732. The molecule has 0 aromatic carbocycles. The lowest BCUT2D eigenvalue weighted by Crippen LogP contribution is -2.11. The van der Waals surface area contributed by atoms with E-state index in [1.807, 2.05) is 25.1 Å². The SMILES string of the molecule is CCCSc1c(N(C)C)ccnc1C#N. The van der Waals surface area contributed by atoms with E-state index in [0.29, 0.717) is 5.69 Å². The molecule has 0 bridgehead atoms. The van der Waals surface area contributed by atoms with Crippen LogP contribution in [0.4, 0.5) is 5.69 Å². The van der Waals surface area contributed by atoms with E-state index >= 15 is 0 Å². The molecule has 0 fully saturated rings. The van der Waals surface area contributed by atoms with E-state index < -0.39 is 0 Å². The standard InChI is InChI=1S/C11H15N3S/c1-4-7-15-11-9(8-12)13-6-5-10(11)14(2)3/h5-6H,4,7H2,1-3H3. The summed E-state index contributed by atoms with van der Waals surface area (Å²) in [6, 6.07) is 4.08. The van der Waals surface area contributed by atoms with Crippen LogP contribution in [-0.2, 0) is 0 Å². The fraction of sp³-hybridized carbons (Fsp3) is 0.455. The van der Waals surface area contributed by atoms with Crippen molar-refractivity contribution in [2.75, 3.05) is 24.7 Å². The van der Waals surface area contributed by atoms with Crippen LogP contribution in [0.15, 0.2) is 17.2 Å². The third-order valence-electron chi connectivity index (χ3n) is 1.92. The summed E-state index contributed by atoms with van der Waals surface area (Å²) in [5.41, 5.74) is 1.60. The van der Waals surface area contributed by atoms with E-state index in [0.717, 1.165) is 22.8 Å². The number of aromatic nitrogens is 1. The van der Waals surface area contributed by atoms with Crippen molar-refractivity contribution in [1.29, 1.82) is 5.26 Å². The maximum absolute atomic E-state index is 8.98. The molecule has 0 aliphatic carbocycles. The van der Waals surface area contributed by atoms with Crippen LogP contribution in [0.25, 0.3) is 0 Å². The molecule has 4 heteroatoms. The second-order valence-electron chi connectivity index (χ2n) is 3.36. The molecule has 0 amide bonds. The third kappa shape index (κ3) is 2.87. The molecule has 3 nitrogen and oxygen atoms in total. The molecular formula is C11H15N3S. The first kappa shape index (κ1) is 11.9. The average molecular weight is 221 g/mol. The Morgan fingerprint density at radius 2 is 2.27 bits per heavy atom. The Morgan fingerprint density at radius 3 is 2.80 bits per heavy atom. The van der Waals surface area contributed by atoms with Gasteiger partial charge in [0.2, 0.25) is 0 Å². The molecule has 0 unspecified atom stereocenters. The van der Waals surface area contributed by atoms with Gasteiger partial charge in [0, 0.05) is 20.3 Å². The maximum atomic E-state index is 8.98. The number of nitrogens with zero attached hydrogens (tertiary/aromatic N) is 3. The maximum Gasteiger partial charge on any atom is 0.156 e. The van der Waals surface area contributed by atoms with Crippen molar-refractivity contribution < 1.29 is 0 Å². The summed E-state index contributed by atoms with van der Waals surface area (Å²) in [5, 5.41) is 8.98. The Morgan fingerprint density at radius 1 is 1.53 bits per heavy atom. The fourth-order valence-corrected chi connectivity index (χ4v) is 2.26. The van der Waals surface area contributed by atoms with Gasteiger partial charge >= 0.3 is 0 Å².